The van der Waals surface area contributed by atoms with E-state index in [1.54, 1.807) is 11.1 Å². The van der Waals surface area contributed by atoms with Gasteiger partial charge in [-0.15, -0.1) is 0 Å². The molecule has 1 aromatic carbocycles. The van der Waals surface area contributed by atoms with Crippen molar-refractivity contribution in [2.24, 2.45) is 0 Å². The molecule has 0 N–H and O–H groups in total. The molecule has 2 amide bonds. The molecule has 2 aromatic rings. The molecule has 6 nitrogen and oxygen atoms in total. The first-order chi connectivity index (χ1) is 14.6. The molecule has 1 aliphatic carbocycles. The van der Waals surface area contributed by atoms with Crippen molar-refractivity contribution < 1.29 is 14.3 Å². The Morgan fingerprint density at radius 2 is 2.03 bits per heavy atom. The van der Waals surface area contributed by atoms with Gasteiger partial charge in [0.05, 0.1) is 17.9 Å². The van der Waals surface area contributed by atoms with Gasteiger partial charge >= 0.3 is 0 Å². The summed E-state index contributed by atoms with van der Waals surface area (Å²) in [6.45, 7) is 4.40. The Labute approximate surface area is 177 Å². The van der Waals surface area contributed by atoms with Crippen molar-refractivity contribution in [3.8, 4) is 5.75 Å². The number of hydrogen-bond acceptors (Lipinski definition) is 4. The molecule has 1 unspecified atom stereocenters. The third-order valence-electron chi connectivity index (χ3n) is 6.02. The van der Waals surface area contributed by atoms with E-state index in [1.807, 2.05) is 55.1 Å². The van der Waals surface area contributed by atoms with Crippen molar-refractivity contribution in [1.82, 2.24) is 9.88 Å². The predicted molar refractivity (Wildman–Crippen MR) is 115 cm³/mol. The number of carbonyl (C=O) groups is 2. The number of fused-ring (bicyclic) bond motifs is 1. The van der Waals surface area contributed by atoms with E-state index in [1.165, 1.54) is 0 Å². The van der Waals surface area contributed by atoms with Crippen molar-refractivity contribution in [2.45, 2.75) is 64.6 Å². The zero-order chi connectivity index (χ0) is 21.1. The molecule has 1 saturated carbocycles. The fourth-order valence-electron chi connectivity index (χ4n) is 4.38. The summed E-state index contributed by atoms with van der Waals surface area (Å²) < 4.78 is 5.89. The largest absolute Gasteiger partial charge is 0.478 e. The Kier molecular flexibility index (Phi) is 6.02. The summed E-state index contributed by atoms with van der Waals surface area (Å²) in [4.78, 5) is 34.5. The number of nitrogens with zero attached hydrogens (tertiary/aromatic N) is 3. The van der Waals surface area contributed by atoms with Gasteiger partial charge in [0, 0.05) is 12.2 Å². The molecule has 1 aromatic heterocycles. The van der Waals surface area contributed by atoms with Crippen molar-refractivity contribution in [2.75, 3.05) is 11.4 Å². The Hall–Kier alpha value is -2.89. The van der Waals surface area contributed by atoms with Crippen LogP contribution in [0.15, 0.2) is 42.6 Å². The lowest BCUT2D eigenvalue weighted by Gasteiger charge is -2.36. The van der Waals surface area contributed by atoms with E-state index in [0.717, 1.165) is 36.9 Å². The monoisotopic (exact) mass is 407 g/mol. The van der Waals surface area contributed by atoms with Crippen LogP contribution in [-0.2, 0) is 16.1 Å². The quantitative estimate of drug-likeness (QED) is 0.729. The van der Waals surface area contributed by atoms with E-state index in [0.29, 0.717) is 24.4 Å². The van der Waals surface area contributed by atoms with Crippen molar-refractivity contribution in [3.63, 3.8) is 0 Å². The first kappa shape index (κ1) is 20.4. The van der Waals surface area contributed by atoms with Gasteiger partial charge in [-0.25, -0.2) is 0 Å². The SMILES string of the molecule is CCC1Oc2ccc(C)cc2N(CC(=O)N(Cc2ccccn2)C2CCCC2)C1=O. The Balaban J connectivity index is 1.60. The summed E-state index contributed by atoms with van der Waals surface area (Å²) in [7, 11) is 0. The van der Waals surface area contributed by atoms with Gasteiger partial charge in [-0.3, -0.25) is 19.5 Å². The van der Waals surface area contributed by atoms with E-state index in [9.17, 15) is 9.59 Å². The summed E-state index contributed by atoms with van der Waals surface area (Å²) in [5.41, 5.74) is 2.58. The first-order valence-electron chi connectivity index (χ1n) is 10.8. The van der Waals surface area contributed by atoms with Gasteiger partial charge in [0.1, 0.15) is 12.3 Å². The molecule has 0 saturated heterocycles. The third kappa shape index (κ3) is 4.18. The molecule has 0 spiro atoms. The molecule has 4 rings (SSSR count). The molecule has 2 aliphatic rings. The summed E-state index contributed by atoms with van der Waals surface area (Å²) in [6, 6.07) is 11.7. The number of carbonyl (C=O) groups excluding carboxylic acids is 2. The molecule has 1 fully saturated rings. The third-order valence-corrected chi connectivity index (χ3v) is 6.02. The number of aryl methyl sites for hydroxylation is 1. The fraction of sp³-hybridized carbons (Fsp3) is 0.458. The summed E-state index contributed by atoms with van der Waals surface area (Å²) in [5.74, 6) is 0.482. The van der Waals surface area contributed by atoms with Gasteiger partial charge in [-0.05, 0) is 56.0 Å². The highest BCUT2D eigenvalue weighted by Gasteiger charge is 2.36. The van der Waals surface area contributed by atoms with Gasteiger partial charge < -0.3 is 9.64 Å². The van der Waals surface area contributed by atoms with E-state index in [4.69, 9.17) is 4.74 Å². The first-order valence-corrected chi connectivity index (χ1v) is 10.8. The normalized spacial score (nSPS) is 18.8. The lowest BCUT2D eigenvalue weighted by molar-refractivity contribution is -0.135. The van der Waals surface area contributed by atoms with E-state index < -0.39 is 6.10 Å². The van der Waals surface area contributed by atoms with E-state index >= 15 is 0 Å². The molecule has 1 aliphatic heterocycles. The maximum atomic E-state index is 13.5. The number of rotatable bonds is 6. The molecule has 2 heterocycles. The van der Waals surface area contributed by atoms with Crippen molar-refractivity contribution in [1.29, 1.82) is 0 Å². The molecule has 30 heavy (non-hydrogen) atoms. The van der Waals surface area contributed by atoms with Gasteiger partial charge in [0.15, 0.2) is 6.10 Å². The lowest BCUT2D eigenvalue weighted by atomic mass is 10.1. The van der Waals surface area contributed by atoms with E-state index in [-0.39, 0.29) is 24.4 Å². The smallest absolute Gasteiger partial charge is 0.268 e. The van der Waals surface area contributed by atoms with Crippen LogP contribution in [0.1, 0.15) is 50.3 Å². The van der Waals surface area contributed by atoms with Gasteiger partial charge in [0.25, 0.3) is 5.91 Å². The molecule has 6 heteroatoms. The molecular weight excluding hydrogens is 378 g/mol. The van der Waals surface area contributed by atoms with Gasteiger partial charge in [-0.1, -0.05) is 31.9 Å². The van der Waals surface area contributed by atoms with Gasteiger partial charge in [-0.2, -0.15) is 0 Å². The van der Waals surface area contributed by atoms with E-state index in [2.05, 4.69) is 4.98 Å². The lowest BCUT2D eigenvalue weighted by Crippen LogP contribution is -2.51. The Morgan fingerprint density at radius 1 is 1.23 bits per heavy atom. The summed E-state index contributed by atoms with van der Waals surface area (Å²) >= 11 is 0. The van der Waals surface area contributed by atoms with Crippen LogP contribution in [0.2, 0.25) is 0 Å². The topological polar surface area (TPSA) is 62.7 Å². The van der Waals surface area contributed by atoms with Crippen LogP contribution in [0.3, 0.4) is 0 Å². The number of hydrogen-bond donors (Lipinski definition) is 0. The number of pyridine rings is 1. The molecule has 0 radical (unpaired) electrons. The van der Waals surface area contributed by atoms with Crippen LogP contribution in [0.25, 0.3) is 0 Å². The second-order valence-corrected chi connectivity index (χ2v) is 8.19. The maximum Gasteiger partial charge on any atom is 0.268 e. The summed E-state index contributed by atoms with van der Waals surface area (Å²) in [6.07, 6.45) is 6.04. The molecular formula is C24H29N3O3. The van der Waals surface area contributed by atoms with Crippen LogP contribution in [0.4, 0.5) is 5.69 Å². The van der Waals surface area contributed by atoms with Crippen LogP contribution in [0, 0.1) is 6.92 Å². The highest BCUT2D eigenvalue weighted by Crippen LogP contribution is 2.36. The standard InChI is InChI=1S/C24H29N3O3/c1-3-21-24(29)27(20-14-17(2)11-12-22(20)30-21)16-23(28)26(19-9-4-5-10-19)15-18-8-6-7-13-25-18/h6-8,11-14,19,21H,3-5,9-10,15-16H2,1-2H3. The Morgan fingerprint density at radius 3 is 2.73 bits per heavy atom. The van der Waals surface area contributed by atoms with Gasteiger partial charge in [0.2, 0.25) is 5.91 Å². The van der Waals surface area contributed by atoms with Crippen LogP contribution < -0.4 is 9.64 Å². The predicted octanol–water partition coefficient (Wildman–Crippen LogP) is 3.87. The minimum atomic E-state index is -0.552. The molecule has 158 valence electrons. The number of amides is 2. The highest BCUT2D eigenvalue weighted by atomic mass is 16.5. The minimum absolute atomic E-state index is 0.0263. The molecule has 1 atom stereocenters. The van der Waals surface area contributed by atoms with Crippen LogP contribution >= 0.6 is 0 Å². The second kappa shape index (κ2) is 8.86. The second-order valence-electron chi connectivity index (χ2n) is 8.19. The zero-order valence-electron chi connectivity index (χ0n) is 17.7. The fourth-order valence-corrected chi connectivity index (χ4v) is 4.38. The number of anilines is 1. The average Bonchev–Trinajstić information content (AvgIpc) is 3.29. The summed E-state index contributed by atoms with van der Waals surface area (Å²) in [5, 5.41) is 0. The minimum Gasteiger partial charge on any atom is -0.478 e. The zero-order valence-corrected chi connectivity index (χ0v) is 17.7. The average molecular weight is 408 g/mol. The number of aromatic nitrogens is 1. The highest BCUT2D eigenvalue weighted by molar-refractivity contribution is 6.04. The number of ether oxygens (including phenoxy) is 1. The van der Waals surface area contributed by atoms with Crippen molar-refractivity contribution >= 4 is 17.5 Å². The van der Waals surface area contributed by atoms with Crippen LogP contribution in [0.5, 0.6) is 5.75 Å². The number of benzene rings is 1. The maximum absolute atomic E-state index is 13.5. The molecule has 0 bridgehead atoms. The van der Waals surface area contributed by atoms with Crippen molar-refractivity contribution in [3.05, 3.63) is 53.9 Å². The Bertz CT molecular complexity index is 909. The van der Waals surface area contributed by atoms with Crippen LogP contribution in [-0.4, -0.2) is 40.4 Å².